The molecule has 1 heterocycles. The molecule has 0 fully saturated rings. The molecule has 7 heteroatoms. The van der Waals surface area contributed by atoms with E-state index >= 15 is 0 Å². The number of nitrogens with one attached hydrogen (secondary N) is 1. The lowest BCUT2D eigenvalue weighted by atomic mass is 10.1. The minimum Gasteiger partial charge on any atom is -0.493 e. The van der Waals surface area contributed by atoms with Gasteiger partial charge in [-0.2, -0.15) is 0 Å². The highest BCUT2D eigenvalue weighted by atomic mass is 16.5. The van der Waals surface area contributed by atoms with E-state index in [2.05, 4.69) is 10.3 Å². The summed E-state index contributed by atoms with van der Waals surface area (Å²) in [6.07, 6.45) is 2.99. The van der Waals surface area contributed by atoms with Crippen LogP contribution in [0.25, 0.3) is 0 Å². The molecule has 0 saturated heterocycles. The zero-order valence-corrected chi connectivity index (χ0v) is 13.0. The Labute approximate surface area is 133 Å². The molecule has 0 aliphatic rings. The summed E-state index contributed by atoms with van der Waals surface area (Å²) >= 11 is 0. The zero-order chi connectivity index (χ0) is 16.8. The van der Waals surface area contributed by atoms with E-state index in [1.807, 2.05) is 0 Å². The number of esters is 1. The van der Waals surface area contributed by atoms with Gasteiger partial charge in [0, 0.05) is 24.5 Å². The molecule has 7 nitrogen and oxygen atoms in total. The highest BCUT2D eigenvalue weighted by Crippen LogP contribution is 2.33. The minimum absolute atomic E-state index is 0.155. The van der Waals surface area contributed by atoms with Crippen LogP contribution >= 0.6 is 0 Å². The van der Waals surface area contributed by atoms with Crippen molar-refractivity contribution in [3.63, 3.8) is 0 Å². The predicted molar refractivity (Wildman–Crippen MR) is 83.1 cm³/mol. The van der Waals surface area contributed by atoms with Crippen molar-refractivity contribution in [3.8, 4) is 11.5 Å². The van der Waals surface area contributed by atoms with Crippen LogP contribution in [0.1, 0.15) is 20.7 Å². The second-order valence-corrected chi connectivity index (χ2v) is 4.44. The molecule has 0 saturated carbocycles. The smallest absolute Gasteiger partial charge is 0.340 e. The van der Waals surface area contributed by atoms with E-state index in [-0.39, 0.29) is 11.3 Å². The maximum absolute atomic E-state index is 12.3. The minimum atomic E-state index is -0.604. The van der Waals surface area contributed by atoms with Gasteiger partial charge in [0.05, 0.1) is 38.1 Å². The van der Waals surface area contributed by atoms with E-state index in [1.165, 1.54) is 39.7 Å². The summed E-state index contributed by atoms with van der Waals surface area (Å²) in [5.41, 5.74) is 0.767. The number of carbonyl (C=O) groups is 2. The summed E-state index contributed by atoms with van der Waals surface area (Å²) in [6, 6.07) is 6.20. The fraction of sp³-hybridized carbons (Fsp3) is 0.188. The molecule has 1 N–H and O–H groups in total. The number of hydrogen-bond acceptors (Lipinski definition) is 6. The van der Waals surface area contributed by atoms with E-state index in [0.717, 1.165) is 0 Å². The van der Waals surface area contributed by atoms with Crippen LogP contribution in [0.5, 0.6) is 11.5 Å². The van der Waals surface area contributed by atoms with Gasteiger partial charge in [-0.1, -0.05) is 0 Å². The van der Waals surface area contributed by atoms with Crippen LogP contribution < -0.4 is 14.8 Å². The van der Waals surface area contributed by atoms with Gasteiger partial charge in [-0.25, -0.2) is 4.79 Å². The number of benzene rings is 1. The molecule has 0 aliphatic heterocycles. The number of methoxy groups -OCH3 is 3. The van der Waals surface area contributed by atoms with Crippen molar-refractivity contribution in [2.24, 2.45) is 0 Å². The van der Waals surface area contributed by atoms with Crippen LogP contribution in [0.15, 0.2) is 36.7 Å². The molecular formula is C16H16N2O5. The maximum Gasteiger partial charge on any atom is 0.340 e. The number of pyridine rings is 1. The lowest BCUT2D eigenvalue weighted by Crippen LogP contribution is -2.16. The Balaban J connectivity index is 2.43. The average molecular weight is 316 g/mol. The van der Waals surface area contributed by atoms with Crippen molar-refractivity contribution in [1.82, 2.24) is 4.98 Å². The molecule has 1 aromatic carbocycles. The second kappa shape index (κ2) is 7.26. The van der Waals surface area contributed by atoms with Gasteiger partial charge in [0.2, 0.25) is 0 Å². The first kappa shape index (κ1) is 16.3. The van der Waals surface area contributed by atoms with E-state index in [4.69, 9.17) is 14.2 Å². The highest BCUT2D eigenvalue weighted by molar-refractivity contribution is 6.08. The van der Waals surface area contributed by atoms with Crippen LogP contribution in [0.3, 0.4) is 0 Å². The normalized spacial score (nSPS) is 9.87. The van der Waals surface area contributed by atoms with Crippen molar-refractivity contribution in [2.45, 2.75) is 0 Å². The summed E-state index contributed by atoms with van der Waals surface area (Å²) in [7, 11) is 4.17. The van der Waals surface area contributed by atoms with E-state index in [9.17, 15) is 9.59 Å². The van der Waals surface area contributed by atoms with E-state index < -0.39 is 11.9 Å². The zero-order valence-electron chi connectivity index (χ0n) is 13.0. The Kier molecular flexibility index (Phi) is 5.14. The van der Waals surface area contributed by atoms with Gasteiger partial charge in [-0.05, 0) is 12.1 Å². The Morgan fingerprint density at radius 2 is 1.78 bits per heavy atom. The number of anilines is 1. The third kappa shape index (κ3) is 3.57. The van der Waals surface area contributed by atoms with Gasteiger partial charge in [0.25, 0.3) is 5.91 Å². The lowest BCUT2D eigenvalue weighted by Gasteiger charge is -2.14. The van der Waals surface area contributed by atoms with Gasteiger partial charge in [0.15, 0.2) is 11.5 Å². The van der Waals surface area contributed by atoms with Crippen LogP contribution in [-0.4, -0.2) is 38.2 Å². The molecule has 120 valence electrons. The number of amides is 1. The summed E-state index contributed by atoms with van der Waals surface area (Å²) in [5, 5.41) is 2.65. The molecule has 0 aliphatic carbocycles. The fourth-order valence-electron chi connectivity index (χ4n) is 1.95. The van der Waals surface area contributed by atoms with Crippen molar-refractivity contribution in [3.05, 3.63) is 47.8 Å². The summed E-state index contributed by atoms with van der Waals surface area (Å²) in [6.45, 7) is 0. The predicted octanol–water partition coefficient (Wildman–Crippen LogP) is 2.14. The van der Waals surface area contributed by atoms with Crippen molar-refractivity contribution < 1.29 is 23.8 Å². The molecule has 1 aromatic heterocycles. The molecule has 0 spiro atoms. The van der Waals surface area contributed by atoms with Gasteiger partial charge in [0.1, 0.15) is 0 Å². The average Bonchev–Trinajstić information content (AvgIpc) is 2.61. The van der Waals surface area contributed by atoms with Crippen LogP contribution in [0.2, 0.25) is 0 Å². The maximum atomic E-state index is 12.3. The third-order valence-electron chi connectivity index (χ3n) is 3.10. The molecular weight excluding hydrogens is 300 g/mol. The first-order valence-electron chi connectivity index (χ1n) is 6.66. The van der Waals surface area contributed by atoms with Crippen LogP contribution in [-0.2, 0) is 4.74 Å². The SMILES string of the molecule is COC(=O)c1cc(OC)c(OC)cc1NC(=O)c1cccnc1. The first-order chi connectivity index (χ1) is 11.1. The summed E-state index contributed by atoms with van der Waals surface area (Å²) in [5.74, 6) is -0.281. The topological polar surface area (TPSA) is 86.8 Å². The van der Waals surface area contributed by atoms with E-state index in [0.29, 0.717) is 17.1 Å². The molecule has 0 atom stereocenters. The quantitative estimate of drug-likeness (QED) is 0.850. The number of carbonyl (C=O) groups excluding carboxylic acids is 2. The first-order valence-corrected chi connectivity index (χ1v) is 6.66. The fourth-order valence-corrected chi connectivity index (χ4v) is 1.95. The Bertz CT molecular complexity index is 716. The molecule has 23 heavy (non-hydrogen) atoms. The highest BCUT2D eigenvalue weighted by Gasteiger charge is 2.19. The Morgan fingerprint density at radius 1 is 1.09 bits per heavy atom. The standard InChI is InChI=1S/C16H16N2O5/c1-21-13-7-11(16(20)23-3)12(8-14(13)22-2)18-15(19)10-5-4-6-17-9-10/h4-9H,1-3H3,(H,18,19). The molecule has 1 amide bonds. The van der Waals surface area contributed by atoms with E-state index in [1.54, 1.807) is 18.3 Å². The van der Waals surface area contributed by atoms with Gasteiger partial charge >= 0.3 is 5.97 Å². The molecule has 0 unspecified atom stereocenters. The monoisotopic (exact) mass is 316 g/mol. The number of ether oxygens (including phenoxy) is 3. The third-order valence-corrected chi connectivity index (χ3v) is 3.10. The van der Waals surface area contributed by atoms with Crippen molar-refractivity contribution in [1.29, 1.82) is 0 Å². The number of rotatable bonds is 5. The number of aromatic nitrogens is 1. The summed E-state index contributed by atoms with van der Waals surface area (Å²) < 4.78 is 15.1. The summed E-state index contributed by atoms with van der Waals surface area (Å²) in [4.78, 5) is 28.1. The van der Waals surface area contributed by atoms with Crippen LogP contribution in [0, 0.1) is 0 Å². The molecule has 2 rings (SSSR count). The lowest BCUT2D eigenvalue weighted by molar-refractivity contribution is 0.0601. The van der Waals surface area contributed by atoms with Crippen molar-refractivity contribution >= 4 is 17.6 Å². The molecule has 0 bridgehead atoms. The molecule has 0 radical (unpaired) electrons. The Hall–Kier alpha value is -3.09. The van der Waals surface area contributed by atoms with Gasteiger partial charge in [-0.3, -0.25) is 9.78 Å². The van der Waals surface area contributed by atoms with Crippen molar-refractivity contribution in [2.75, 3.05) is 26.6 Å². The Morgan fingerprint density at radius 3 is 2.35 bits per heavy atom. The number of hydrogen-bond donors (Lipinski definition) is 1. The van der Waals surface area contributed by atoms with Gasteiger partial charge in [-0.15, -0.1) is 0 Å². The second-order valence-electron chi connectivity index (χ2n) is 4.44. The molecule has 2 aromatic rings. The number of nitrogens with zero attached hydrogens (tertiary/aromatic N) is 1. The largest absolute Gasteiger partial charge is 0.493 e. The van der Waals surface area contributed by atoms with Gasteiger partial charge < -0.3 is 19.5 Å². The van der Waals surface area contributed by atoms with Crippen LogP contribution in [0.4, 0.5) is 5.69 Å².